The molecule has 1 amide bonds. The van der Waals surface area contributed by atoms with E-state index in [2.05, 4.69) is 62.4 Å². The van der Waals surface area contributed by atoms with Crippen molar-refractivity contribution in [1.82, 2.24) is 14.8 Å². The van der Waals surface area contributed by atoms with Gasteiger partial charge in [-0.25, -0.2) is 8.42 Å². The molecule has 0 bridgehead atoms. The third-order valence-electron chi connectivity index (χ3n) is 6.83. The molecule has 1 aromatic heterocycles. The molecule has 0 aliphatic carbocycles. The third kappa shape index (κ3) is 5.49. The first-order chi connectivity index (χ1) is 15.6. The number of rotatable bonds is 8. The van der Waals surface area contributed by atoms with Crippen LogP contribution in [0.15, 0.2) is 33.7 Å². The quantitative estimate of drug-likeness (QED) is 0.596. The van der Waals surface area contributed by atoms with E-state index in [-0.39, 0.29) is 28.7 Å². The van der Waals surface area contributed by atoms with Crippen LogP contribution in [0, 0.1) is 25.7 Å². The van der Waals surface area contributed by atoms with Gasteiger partial charge in [0.15, 0.2) is 5.76 Å². The fourth-order valence-electron chi connectivity index (χ4n) is 4.50. The number of piperidine rings is 1. The number of benzene rings is 1. The molecule has 2 aromatic rings. The van der Waals surface area contributed by atoms with Gasteiger partial charge in [0, 0.05) is 19.0 Å². The summed E-state index contributed by atoms with van der Waals surface area (Å²) in [6, 6.07) is 8.47. The Morgan fingerprint density at radius 1 is 1.12 bits per heavy atom. The van der Waals surface area contributed by atoms with Gasteiger partial charge in [0.1, 0.15) is 10.6 Å². The second-order valence-electron chi connectivity index (χ2n) is 9.54. The van der Waals surface area contributed by atoms with Gasteiger partial charge >= 0.3 is 0 Å². The van der Waals surface area contributed by atoms with Gasteiger partial charge in [0.25, 0.3) is 0 Å². The lowest BCUT2D eigenvalue weighted by atomic mass is 9.91. The zero-order valence-electron chi connectivity index (χ0n) is 20.6. The van der Waals surface area contributed by atoms with Crippen LogP contribution >= 0.6 is 0 Å². The average molecular weight is 476 g/mol. The van der Waals surface area contributed by atoms with E-state index >= 15 is 0 Å². The number of nitrogens with zero attached hydrogens (tertiary/aromatic N) is 2. The zero-order valence-corrected chi connectivity index (χ0v) is 21.4. The second-order valence-corrected chi connectivity index (χ2v) is 11.4. The van der Waals surface area contributed by atoms with E-state index in [1.807, 2.05) is 0 Å². The van der Waals surface area contributed by atoms with Crippen molar-refractivity contribution < 1.29 is 17.7 Å². The second kappa shape index (κ2) is 10.4. The SMILES string of the molecule is CC[C@@H](C)c1ccc([C@@H](NC(=O)C2CCN(S(=O)(=O)c3c(C)noc3C)CC2)C(C)C)cc1. The summed E-state index contributed by atoms with van der Waals surface area (Å²) in [4.78, 5) is 13.2. The minimum absolute atomic E-state index is 0.00547. The average Bonchev–Trinajstić information content (AvgIpc) is 3.15. The standard InChI is InChI=1S/C25H37N3O4S/c1-7-17(4)20-8-10-21(11-9-20)23(16(2)3)26-25(29)22-12-14-28(15-13-22)33(30,31)24-18(5)27-32-19(24)6/h8-11,16-17,22-23H,7,12-15H2,1-6H3,(H,26,29)/t17-,23+/m1/s1. The minimum atomic E-state index is -3.68. The summed E-state index contributed by atoms with van der Waals surface area (Å²) in [6.07, 6.45) is 2.08. The predicted octanol–water partition coefficient (Wildman–Crippen LogP) is 4.72. The molecule has 1 aromatic carbocycles. The molecule has 2 atom stereocenters. The van der Waals surface area contributed by atoms with E-state index in [0.717, 1.165) is 12.0 Å². The van der Waals surface area contributed by atoms with Crippen molar-refractivity contribution >= 4 is 15.9 Å². The highest BCUT2D eigenvalue weighted by molar-refractivity contribution is 7.89. The largest absolute Gasteiger partial charge is 0.360 e. The first-order valence-corrected chi connectivity index (χ1v) is 13.3. The smallest absolute Gasteiger partial charge is 0.248 e. The number of carbonyl (C=O) groups excluding carboxylic acids is 1. The summed E-state index contributed by atoms with van der Waals surface area (Å²) in [5, 5.41) is 7.01. The third-order valence-corrected chi connectivity index (χ3v) is 8.98. The summed E-state index contributed by atoms with van der Waals surface area (Å²) >= 11 is 0. The molecule has 0 saturated carbocycles. The van der Waals surface area contributed by atoms with Crippen LogP contribution in [0.1, 0.15) is 81.5 Å². The van der Waals surface area contributed by atoms with Crippen LogP contribution in [0.5, 0.6) is 0 Å². The number of aryl methyl sites for hydroxylation is 2. The maximum Gasteiger partial charge on any atom is 0.248 e. The van der Waals surface area contributed by atoms with E-state index in [9.17, 15) is 13.2 Å². The van der Waals surface area contributed by atoms with Crippen molar-refractivity contribution in [3.63, 3.8) is 0 Å². The van der Waals surface area contributed by atoms with Crippen molar-refractivity contribution in [3.8, 4) is 0 Å². The molecule has 2 heterocycles. The number of nitrogens with one attached hydrogen (secondary N) is 1. The van der Waals surface area contributed by atoms with Crippen LogP contribution in [0.3, 0.4) is 0 Å². The molecule has 1 aliphatic rings. The van der Waals surface area contributed by atoms with Gasteiger partial charge in [-0.05, 0) is 56.1 Å². The van der Waals surface area contributed by atoms with Crippen LogP contribution < -0.4 is 5.32 Å². The summed E-state index contributed by atoms with van der Waals surface area (Å²) in [5.74, 6) is 0.837. The van der Waals surface area contributed by atoms with Gasteiger partial charge in [-0.15, -0.1) is 0 Å². The lowest BCUT2D eigenvalue weighted by molar-refractivity contribution is -0.127. The summed E-state index contributed by atoms with van der Waals surface area (Å²) < 4.78 is 32.6. The molecule has 1 saturated heterocycles. The fraction of sp³-hybridized carbons (Fsp3) is 0.600. The van der Waals surface area contributed by atoms with Crippen LogP contribution in [-0.2, 0) is 14.8 Å². The number of hydrogen-bond donors (Lipinski definition) is 1. The van der Waals surface area contributed by atoms with E-state index in [1.54, 1.807) is 13.8 Å². The molecule has 33 heavy (non-hydrogen) atoms. The first kappa shape index (κ1) is 25.4. The normalized spacial score (nSPS) is 17.8. The van der Waals surface area contributed by atoms with Crippen LogP contribution in [0.4, 0.5) is 0 Å². The Bertz CT molecular complexity index is 1030. The highest BCUT2D eigenvalue weighted by Crippen LogP contribution is 2.29. The fourth-order valence-corrected chi connectivity index (χ4v) is 6.26. The molecular weight excluding hydrogens is 438 g/mol. The molecule has 1 aliphatic heterocycles. The topological polar surface area (TPSA) is 92.5 Å². The van der Waals surface area contributed by atoms with Gasteiger partial charge < -0.3 is 9.84 Å². The minimum Gasteiger partial charge on any atom is -0.360 e. The lowest BCUT2D eigenvalue weighted by Crippen LogP contribution is -2.44. The van der Waals surface area contributed by atoms with E-state index in [4.69, 9.17) is 4.52 Å². The Morgan fingerprint density at radius 3 is 2.18 bits per heavy atom. The maximum absolute atomic E-state index is 13.1. The van der Waals surface area contributed by atoms with Crippen LogP contribution in [0.25, 0.3) is 0 Å². The van der Waals surface area contributed by atoms with Gasteiger partial charge in [-0.1, -0.05) is 57.1 Å². The Labute approximate surface area is 198 Å². The molecule has 1 fully saturated rings. The van der Waals surface area contributed by atoms with Crippen LogP contribution in [0.2, 0.25) is 0 Å². The molecular formula is C25H37N3O4S. The van der Waals surface area contributed by atoms with Crippen molar-refractivity contribution in [1.29, 1.82) is 0 Å². The van der Waals surface area contributed by atoms with Crippen molar-refractivity contribution in [2.75, 3.05) is 13.1 Å². The Kier molecular flexibility index (Phi) is 8.00. The Hall–Kier alpha value is -2.19. The molecule has 182 valence electrons. The molecule has 3 rings (SSSR count). The van der Waals surface area contributed by atoms with Gasteiger partial charge in [-0.3, -0.25) is 4.79 Å². The van der Waals surface area contributed by atoms with Crippen LogP contribution in [-0.4, -0.2) is 36.9 Å². The highest BCUT2D eigenvalue weighted by atomic mass is 32.2. The van der Waals surface area contributed by atoms with Gasteiger partial charge in [-0.2, -0.15) is 4.31 Å². The molecule has 1 N–H and O–H groups in total. The number of hydrogen-bond acceptors (Lipinski definition) is 5. The molecule has 0 unspecified atom stereocenters. The Morgan fingerprint density at radius 2 is 1.70 bits per heavy atom. The number of amides is 1. The van der Waals surface area contributed by atoms with Gasteiger partial charge in [0.2, 0.25) is 15.9 Å². The monoisotopic (exact) mass is 475 g/mol. The number of sulfonamides is 1. The molecule has 8 heteroatoms. The zero-order chi connectivity index (χ0) is 24.3. The maximum atomic E-state index is 13.1. The predicted molar refractivity (Wildman–Crippen MR) is 128 cm³/mol. The van der Waals surface area contributed by atoms with E-state index < -0.39 is 10.0 Å². The van der Waals surface area contributed by atoms with E-state index in [1.165, 1.54) is 9.87 Å². The summed E-state index contributed by atoms with van der Waals surface area (Å²) in [5.41, 5.74) is 2.78. The summed E-state index contributed by atoms with van der Waals surface area (Å²) in [7, 11) is -3.68. The molecule has 7 nitrogen and oxygen atoms in total. The lowest BCUT2D eigenvalue weighted by Gasteiger charge is -2.32. The van der Waals surface area contributed by atoms with Crippen molar-refractivity contribution in [2.45, 2.75) is 77.7 Å². The number of carbonyl (C=O) groups is 1. The van der Waals surface area contributed by atoms with E-state index in [0.29, 0.717) is 43.3 Å². The van der Waals surface area contributed by atoms with Gasteiger partial charge in [0.05, 0.1) is 6.04 Å². The summed E-state index contributed by atoms with van der Waals surface area (Å²) in [6.45, 7) is 12.5. The highest BCUT2D eigenvalue weighted by Gasteiger charge is 2.36. The van der Waals surface area contributed by atoms with Crippen molar-refractivity contribution in [2.24, 2.45) is 11.8 Å². The molecule has 0 radical (unpaired) electrons. The van der Waals surface area contributed by atoms with Crippen molar-refractivity contribution in [3.05, 3.63) is 46.8 Å². The Balaban J connectivity index is 1.65. The molecule has 0 spiro atoms. The number of aromatic nitrogens is 1. The first-order valence-electron chi connectivity index (χ1n) is 11.9.